The van der Waals surface area contributed by atoms with Crippen molar-refractivity contribution in [2.24, 2.45) is 0 Å². The highest BCUT2D eigenvalue weighted by atomic mass is 32.2. The first-order valence-corrected chi connectivity index (χ1v) is 11.9. The third-order valence-corrected chi connectivity index (χ3v) is 6.88. The fourth-order valence-electron chi connectivity index (χ4n) is 3.77. The quantitative estimate of drug-likeness (QED) is 0.437. The molecule has 0 aliphatic heterocycles. The van der Waals surface area contributed by atoms with Crippen molar-refractivity contribution in [3.8, 4) is 0 Å². The summed E-state index contributed by atoms with van der Waals surface area (Å²) >= 11 is 1.33. The van der Waals surface area contributed by atoms with Crippen LogP contribution in [0.2, 0.25) is 0 Å². The monoisotopic (exact) mass is 454 g/mol. The molecule has 1 aliphatic carbocycles. The van der Waals surface area contributed by atoms with Gasteiger partial charge in [-0.2, -0.15) is 0 Å². The molecular formula is C25H30N2O4S. The maximum atomic E-state index is 12.7. The van der Waals surface area contributed by atoms with Gasteiger partial charge in [-0.25, -0.2) is 4.79 Å². The molecule has 1 aliphatic rings. The first-order valence-electron chi connectivity index (χ1n) is 10.9. The van der Waals surface area contributed by atoms with Crippen molar-refractivity contribution in [1.29, 1.82) is 0 Å². The Kier molecular flexibility index (Phi) is 8.73. The zero-order valence-corrected chi connectivity index (χ0v) is 19.5. The molecule has 6 nitrogen and oxygen atoms in total. The number of amides is 2. The van der Waals surface area contributed by atoms with Gasteiger partial charge in [0.15, 0.2) is 6.61 Å². The lowest BCUT2D eigenvalue weighted by Gasteiger charge is -2.31. The van der Waals surface area contributed by atoms with E-state index >= 15 is 0 Å². The van der Waals surface area contributed by atoms with Crippen LogP contribution in [0, 0.1) is 0 Å². The van der Waals surface area contributed by atoms with Crippen molar-refractivity contribution in [3.63, 3.8) is 0 Å². The van der Waals surface area contributed by atoms with Crippen molar-refractivity contribution < 1.29 is 19.1 Å². The van der Waals surface area contributed by atoms with Crippen LogP contribution < -0.4 is 4.90 Å². The Labute approximate surface area is 193 Å². The Morgan fingerprint density at radius 3 is 2.28 bits per heavy atom. The number of nitrogens with zero attached hydrogens (tertiary/aromatic N) is 2. The van der Waals surface area contributed by atoms with Crippen molar-refractivity contribution in [3.05, 3.63) is 60.2 Å². The molecule has 0 atom stereocenters. The third kappa shape index (κ3) is 6.36. The minimum absolute atomic E-state index is 0.0599. The van der Waals surface area contributed by atoms with Gasteiger partial charge in [-0.3, -0.25) is 9.59 Å². The fraction of sp³-hybridized carbons (Fsp3) is 0.400. The summed E-state index contributed by atoms with van der Waals surface area (Å²) in [7, 11) is 3.51. The van der Waals surface area contributed by atoms with Crippen molar-refractivity contribution in [1.82, 2.24) is 4.90 Å². The van der Waals surface area contributed by atoms with E-state index in [1.165, 1.54) is 35.9 Å². The average molecular weight is 455 g/mol. The van der Waals surface area contributed by atoms with E-state index in [2.05, 4.69) is 0 Å². The summed E-state index contributed by atoms with van der Waals surface area (Å²) in [5.41, 5.74) is 1.09. The van der Waals surface area contributed by atoms with Crippen LogP contribution in [-0.4, -0.2) is 55.2 Å². The highest BCUT2D eigenvalue weighted by Gasteiger charge is 2.23. The smallest absolute Gasteiger partial charge is 0.339 e. The Morgan fingerprint density at radius 2 is 1.56 bits per heavy atom. The van der Waals surface area contributed by atoms with Crippen molar-refractivity contribution in [2.45, 2.75) is 43.0 Å². The van der Waals surface area contributed by atoms with Gasteiger partial charge in [-0.05, 0) is 37.1 Å². The second-order valence-electron chi connectivity index (χ2n) is 7.95. The van der Waals surface area contributed by atoms with Crippen LogP contribution in [0.25, 0.3) is 0 Å². The molecule has 0 heterocycles. The SMILES string of the molecule is CN(C(=O)COC(=O)c1ccccc1SCC(=O)N(C)C1CCCCC1)c1ccccc1. The van der Waals surface area contributed by atoms with E-state index < -0.39 is 5.97 Å². The van der Waals surface area contributed by atoms with Crippen LogP contribution in [0.3, 0.4) is 0 Å². The van der Waals surface area contributed by atoms with Crippen LogP contribution in [-0.2, 0) is 14.3 Å². The van der Waals surface area contributed by atoms with E-state index in [9.17, 15) is 14.4 Å². The van der Waals surface area contributed by atoms with Crippen LogP contribution in [0.1, 0.15) is 42.5 Å². The van der Waals surface area contributed by atoms with Gasteiger partial charge < -0.3 is 14.5 Å². The average Bonchev–Trinajstić information content (AvgIpc) is 2.85. The predicted molar refractivity (Wildman–Crippen MR) is 127 cm³/mol. The first-order chi connectivity index (χ1) is 15.5. The molecular weight excluding hydrogens is 424 g/mol. The predicted octanol–water partition coefficient (Wildman–Crippen LogP) is 4.39. The Bertz CT molecular complexity index is 929. The zero-order chi connectivity index (χ0) is 22.9. The summed E-state index contributed by atoms with van der Waals surface area (Å²) in [5.74, 6) is -0.577. The Balaban J connectivity index is 1.55. The molecule has 1 saturated carbocycles. The number of benzene rings is 2. The molecule has 7 heteroatoms. The topological polar surface area (TPSA) is 66.9 Å². The Morgan fingerprint density at radius 1 is 0.906 bits per heavy atom. The van der Waals surface area contributed by atoms with Gasteiger partial charge >= 0.3 is 5.97 Å². The molecule has 0 saturated heterocycles. The first kappa shape index (κ1) is 23.9. The highest BCUT2D eigenvalue weighted by molar-refractivity contribution is 8.00. The molecule has 0 bridgehead atoms. The molecule has 32 heavy (non-hydrogen) atoms. The molecule has 0 spiro atoms. The molecule has 0 N–H and O–H groups in total. The van der Waals surface area contributed by atoms with Crippen molar-refractivity contribution in [2.75, 3.05) is 31.4 Å². The normalized spacial score (nSPS) is 13.9. The maximum Gasteiger partial charge on any atom is 0.339 e. The van der Waals surface area contributed by atoms with E-state index in [4.69, 9.17) is 4.74 Å². The molecule has 170 valence electrons. The van der Waals surface area contributed by atoms with Gasteiger partial charge in [0, 0.05) is 30.7 Å². The number of para-hydroxylation sites is 1. The number of hydrogen-bond donors (Lipinski definition) is 0. The number of thioether (sulfide) groups is 1. The van der Waals surface area contributed by atoms with Gasteiger partial charge in [-0.15, -0.1) is 11.8 Å². The number of esters is 1. The fourth-order valence-corrected chi connectivity index (χ4v) is 4.74. The molecule has 2 aromatic rings. The number of rotatable bonds is 8. The summed E-state index contributed by atoms with van der Waals surface area (Å²) in [6.07, 6.45) is 5.69. The number of anilines is 1. The van der Waals surface area contributed by atoms with Gasteiger partial charge in [-0.1, -0.05) is 49.6 Å². The molecule has 0 radical (unpaired) electrons. The summed E-state index contributed by atoms with van der Waals surface area (Å²) < 4.78 is 5.28. The number of ether oxygens (including phenoxy) is 1. The van der Waals surface area contributed by atoms with Crippen LogP contribution in [0.15, 0.2) is 59.5 Å². The third-order valence-electron chi connectivity index (χ3n) is 5.82. The second-order valence-corrected chi connectivity index (χ2v) is 8.96. The second kappa shape index (κ2) is 11.7. The van der Waals surface area contributed by atoms with Crippen molar-refractivity contribution >= 4 is 35.2 Å². The van der Waals surface area contributed by atoms with E-state index in [-0.39, 0.29) is 24.2 Å². The molecule has 2 aromatic carbocycles. The van der Waals surface area contributed by atoms with E-state index in [1.807, 2.05) is 48.3 Å². The minimum atomic E-state index is -0.573. The molecule has 0 aromatic heterocycles. The Hall–Kier alpha value is -2.80. The minimum Gasteiger partial charge on any atom is -0.452 e. The van der Waals surface area contributed by atoms with E-state index in [0.29, 0.717) is 16.5 Å². The summed E-state index contributed by atoms with van der Waals surface area (Å²) in [5, 5.41) is 0. The number of carbonyl (C=O) groups is 3. The van der Waals surface area contributed by atoms with E-state index in [1.54, 1.807) is 25.2 Å². The van der Waals surface area contributed by atoms with Gasteiger partial charge in [0.25, 0.3) is 5.91 Å². The molecule has 3 rings (SSSR count). The van der Waals surface area contributed by atoms with Crippen LogP contribution in [0.5, 0.6) is 0 Å². The number of likely N-dealkylation sites (N-methyl/N-ethyl adjacent to an activating group) is 1. The van der Waals surface area contributed by atoms with Gasteiger partial charge in [0.1, 0.15) is 0 Å². The lowest BCUT2D eigenvalue weighted by atomic mass is 9.94. The highest BCUT2D eigenvalue weighted by Crippen LogP contribution is 2.26. The molecule has 1 fully saturated rings. The maximum absolute atomic E-state index is 12.7. The number of hydrogen-bond acceptors (Lipinski definition) is 5. The lowest BCUT2D eigenvalue weighted by Crippen LogP contribution is -2.39. The van der Waals surface area contributed by atoms with Crippen LogP contribution in [0.4, 0.5) is 5.69 Å². The lowest BCUT2D eigenvalue weighted by molar-refractivity contribution is -0.129. The van der Waals surface area contributed by atoms with Gasteiger partial charge in [0.2, 0.25) is 5.91 Å². The molecule has 0 unspecified atom stereocenters. The van der Waals surface area contributed by atoms with E-state index in [0.717, 1.165) is 18.5 Å². The molecule has 2 amide bonds. The number of carbonyl (C=O) groups excluding carboxylic acids is 3. The van der Waals surface area contributed by atoms with Gasteiger partial charge in [0.05, 0.1) is 11.3 Å². The summed E-state index contributed by atoms with van der Waals surface area (Å²) in [6.45, 7) is -0.355. The summed E-state index contributed by atoms with van der Waals surface area (Å²) in [6, 6.07) is 16.5. The standard InChI is InChI=1S/C25H30N2O4S/c1-26(19-11-5-3-6-12-19)23(28)17-31-25(30)21-15-9-10-16-22(21)32-18-24(29)27(2)20-13-7-4-8-14-20/h3,5-6,9-12,15-16,20H,4,7-8,13-14,17-18H2,1-2H3. The largest absolute Gasteiger partial charge is 0.452 e. The summed E-state index contributed by atoms with van der Waals surface area (Å²) in [4.78, 5) is 41.7. The van der Waals surface area contributed by atoms with Crippen LogP contribution >= 0.6 is 11.8 Å². The zero-order valence-electron chi connectivity index (χ0n) is 18.7.